The Hall–Kier alpha value is -0.470. The average molecular weight is 193 g/mol. The van der Waals surface area contributed by atoms with Crippen molar-refractivity contribution in [3.8, 4) is 0 Å². The lowest BCUT2D eigenvalue weighted by molar-refractivity contribution is 0.604. The number of nitrogens with one attached hydrogen (secondary N) is 1. The predicted octanol–water partition coefficient (Wildman–Crippen LogP) is 2.23. The molecule has 13 heavy (non-hydrogen) atoms. The number of benzene rings is 1. The van der Waals surface area contributed by atoms with Gasteiger partial charge < -0.3 is 5.32 Å². The van der Waals surface area contributed by atoms with E-state index in [9.17, 15) is 0 Å². The summed E-state index contributed by atoms with van der Waals surface area (Å²) in [6, 6.07) is 7.42. The lowest BCUT2D eigenvalue weighted by Gasteiger charge is -2.23. The third-order valence-electron chi connectivity index (χ3n) is 2.54. The number of hydrogen-bond donors (Lipinski definition) is 1. The van der Waals surface area contributed by atoms with Crippen LogP contribution in [0.3, 0.4) is 0 Å². The second kappa shape index (κ2) is 3.72. The molecule has 0 aromatic heterocycles. The van der Waals surface area contributed by atoms with Gasteiger partial charge in [0.15, 0.2) is 0 Å². The van der Waals surface area contributed by atoms with Crippen LogP contribution in [-0.4, -0.2) is 18.8 Å². The smallest absolute Gasteiger partial charge is 0.0199 e. The van der Waals surface area contributed by atoms with E-state index in [-0.39, 0.29) is 0 Å². The minimum absolute atomic E-state index is 0.653. The molecule has 1 heterocycles. The topological polar surface area (TPSA) is 12.0 Å². The van der Waals surface area contributed by atoms with Gasteiger partial charge in [-0.25, -0.2) is 0 Å². The molecule has 0 radical (unpaired) electrons. The van der Waals surface area contributed by atoms with Gasteiger partial charge in [0.2, 0.25) is 0 Å². The second-order valence-corrected chi connectivity index (χ2v) is 4.67. The Morgan fingerprint density at radius 2 is 2.31 bits per heavy atom. The molecular formula is C11H15NS. The predicted molar refractivity (Wildman–Crippen MR) is 58.5 cm³/mol. The first kappa shape index (κ1) is 9.10. The van der Waals surface area contributed by atoms with Crippen molar-refractivity contribution in [2.45, 2.75) is 24.3 Å². The second-order valence-electron chi connectivity index (χ2n) is 3.61. The molecule has 0 amide bonds. The van der Waals surface area contributed by atoms with Gasteiger partial charge in [-0.05, 0) is 32.0 Å². The van der Waals surface area contributed by atoms with Crippen LogP contribution in [0.15, 0.2) is 23.1 Å². The van der Waals surface area contributed by atoms with Gasteiger partial charge in [0.05, 0.1) is 0 Å². The number of aryl methyl sites for hydroxylation is 1. The van der Waals surface area contributed by atoms with Gasteiger partial charge in [0, 0.05) is 16.7 Å². The Bertz CT molecular complexity index is 309. The van der Waals surface area contributed by atoms with Crippen LogP contribution < -0.4 is 5.32 Å². The molecule has 2 heteroatoms. The van der Waals surface area contributed by atoms with E-state index >= 15 is 0 Å². The summed E-state index contributed by atoms with van der Waals surface area (Å²) >= 11 is 1.97. The molecule has 1 N–H and O–H groups in total. The first-order valence-corrected chi connectivity index (χ1v) is 5.68. The van der Waals surface area contributed by atoms with Crippen LogP contribution >= 0.6 is 11.8 Å². The molecule has 1 aromatic rings. The molecule has 0 bridgehead atoms. The highest BCUT2D eigenvalue weighted by atomic mass is 32.2. The average Bonchev–Trinajstić information content (AvgIpc) is 2.17. The number of fused-ring (bicyclic) bond motifs is 1. The summed E-state index contributed by atoms with van der Waals surface area (Å²) in [5, 5.41) is 3.34. The Kier molecular flexibility index (Phi) is 2.61. The molecule has 1 unspecified atom stereocenters. The number of rotatable bonds is 1. The maximum absolute atomic E-state index is 3.34. The summed E-state index contributed by atoms with van der Waals surface area (Å²) in [5.41, 5.74) is 2.87. The van der Waals surface area contributed by atoms with Crippen LogP contribution in [0.1, 0.15) is 11.1 Å². The third kappa shape index (κ3) is 1.89. The zero-order valence-electron chi connectivity index (χ0n) is 8.13. The first-order chi connectivity index (χ1) is 6.29. The Morgan fingerprint density at radius 1 is 1.46 bits per heavy atom. The van der Waals surface area contributed by atoms with E-state index < -0.39 is 0 Å². The number of likely N-dealkylation sites (N-methyl/N-ethyl adjacent to an activating group) is 1. The van der Waals surface area contributed by atoms with Gasteiger partial charge in [-0.15, -0.1) is 11.8 Å². The van der Waals surface area contributed by atoms with Crippen molar-refractivity contribution >= 4 is 11.8 Å². The highest BCUT2D eigenvalue weighted by molar-refractivity contribution is 7.99. The fourth-order valence-electron chi connectivity index (χ4n) is 1.66. The minimum Gasteiger partial charge on any atom is -0.316 e. The standard InChI is InChI=1S/C11H15NS/c1-8-3-4-9-6-10(12-2)7-13-11(9)5-8/h3-5,10,12H,6-7H2,1-2H3. The highest BCUT2D eigenvalue weighted by Gasteiger charge is 2.16. The van der Waals surface area contributed by atoms with Crippen LogP contribution in [0.5, 0.6) is 0 Å². The molecule has 1 aliphatic heterocycles. The van der Waals surface area contributed by atoms with Gasteiger partial charge in [-0.3, -0.25) is 0 Å². The molecule has 0 spiro atoms. The van der Waals surface area contributed by atoms with Crippen molar-refractivity contribution in [2.24, 2.45) is 0 Å². The molecule has 2 rings (SSSR count). The van der Waals surface area contributed by atoms with E-state index in [1.807, 2.05) is 18.8 Å². The molecule has 0 saturated carbocycles. The van der Waals surface area contributed by atoms with E-state index in [0.29, 0.717) is 6.04 Å². The molecule has 1 nitrogen and oxygen atoms in total. The van der Waals surface area contributed by atoms with Crippen molar-refractivity contribution in [3.63, 3.8) is 0 Å². The van der Waals surface area contributed by atoms with Crippen molar-refractivity contribution in [1.82, 2.24) is 5.32 Å². The molecule has 0 saturated heterocycles. The number of hydrogen-bond acceptors (Lipinski definition) is 2. The normalized spacial score (nSPS) is 21.2. The Balaban J connectivity index is 2.26. The van der Waals surface area contributed by atoms with Crippen LogP contribution in [0.2, 0.25) is 0 Å². The van der Waals surface area contributed by atoms with Crippen molar-refractivity contribution < 1.29 is 0 Å². The lowest BCUT2D eigenvalue weighted by atomic mass is 10.0. The van der Waals surface area contributed by atoms with E-state index in [1.165, 1.54) is 28.2 Å². The maximum Gasteiger partial charge on any atom is 0.0199 e. The zero-order chi connectivity index (χ0) is 9.26. The SMILES string of the molecule is CNC1CSc2cc(C)ccc2C1. The van der Waals surface area contributed by atoms with Crippen LogP contribution in [0.4, 0.5) is 0 Å². The zero-order valence-corrected chi connectivity index (χ0v) is 8.95. The quantitative estimate of drug-likeness (QED) is 0.734. The highest BCUT2D eigenvalue weighted by Crippen LogP contribution is 2.30. The molecule has 70 valence electrons. The summed E-state index contributed by atoms with van der Waals surface area (Å²) < 4.78 is 0. The van der Waals surface area contributed by atoms with E-state index in [2.05, 4.69) is 30.4 Å². The molecule has 0 aliphatic carbocycles. The van der Waals surface area contributed by atoms with Crippen LogP contribution in [0.25, 0.3) is 0 Å². The van der Waals surface area contributed by atoms with Crippen LogP contribution in [0, 0.1) is 6.92 Å². The summed E-state index contributed by atoms with van der Waals surface area (Å²) in [6.45, 7) is 2.16. The van der Waals surface area contributed by atoms with Crippen molar-refractivity contribution in [1.29, 1.82) is 0 Å². The van der Waals surface area contributed by atoms with Gasteiger partial charge >= 0.3 is 0 Å². The third-order valence-corrected chi connectivity index (χ3v) is 3.80. The van der Waals surface area contributed by atoms with Crippen molar-refractivity contribution in [2.75, 3.05) is 12.8 Å². The van der Waals surface area contributed by atoms with E-state index in [0.717, 1.165) is 0 Å². The summed E-state index contributed by atoms with van der Waals surface area (Å²) in [4.78, 5) is 1.48. The maximum atomic E-state index is 3.34. The summed E-state index contributed by atoms with van der Waals surface area (Å²) in [7, 11) is 2.05. The van der Waals surface area contributed by atoms with Gasteiger partial charge in [0.1, 0.15) is 0 Å². The van der Waals surface area contributed by atoms with Crippen LogP contribution in [-0.2, 0) is 6.42 Å². The summed E-state index contributed by atoms with van der Waals surface area (Å²) in [5.74, 6) is 1.20. The largest absolute Gasteiger partial charge is 0.316 e. The summed E-state index contributed by atoms with van der Waals surface area (Å²) in [6.07, 6.45) is 1.18. The van der Waals surface area contributed by atoms with Gasteiger partial charge in [-0.2, -0.15) is 0 Å². The fraction of sp³-hybridized carbons (Fsp3) is 0.455. The lowest BCUT2D eigenvalue weighted by Crippen LogP contribution is -2.32. The van der Waals surface area contributed by atoms with Gasteiger partial charge in [0.25, 0.3) is 0 Å². The van der Waals surface area contributed by atoms with E-state index in [1.54, 1.807) is 0 Å². The Labute approximate surface area is 83.9 Å². The fourth-order valence-corrected chi connectivity index (χ4v) is 2.94. The molecule has 1 aliphatic rings. The van der Waals surface area contributed by atoms with Gasteiger partial charge in [-0.1, -0.05) is 17.7 Å². The molecular weight excluding hydrogens is 178 g/mol. The Morgan fingerprint density at radius 3 is 3.08 bits per heavy atom. The van der Waals surface area contributed by atoms with Crippen molar-refractivity contribution in [3.05, 3.63) is 29.3 Å². The number of thioether (sulfide) groups is 1. The molecule has 0 fully saturated rings. The molecule has 1 aromatic carbocycles. The molecule has 1 atom stereocenters. The van der Waals surface area contributed by atoms with E-state index in [4.69, 9.17) is 0 Å². The first-order valence-electron chi connectivity index (χ1n) is 4.69. The monoisotopic (exact) mass is 193 g/mol. The minimum atomic E-state index is 0.653.